The van der Waals surface area contributed by atoms with Crippen molar-refractivity contribution < 1.29 is 33.7 Å². The highest BCUT2D eigenvalue weighted by Gasteiger charge is 2.53. The van der Waals surface area contributed by atoms with E-state index < -0.39 is 29.2 Å². The van der Waals surface area contributed by atoms with Crippen LogP contribution >= 0.6 is 35.1 Å². The summed E-state index contributed by atoms with van der Waals surface area (Å²) in [6, 6.07) is 2.62. The summed E-state index contributed by atoms with van der Waals surface area (Å²) < 4.78 is 7.50. The summed E-state index contributed by atoms with van der Waals surface area (Å²) in [6.07, 6.45) is 8.62. The topological polar surface area (TPSA) is 201 Å². The lowest BCUT2D eigenvalue weighted by molar-refractivity contribution is -0.657. The van der Waals surface area contributed by atoms with Gasteiger partial charge in [0.1, 0.15) is 35.3 Å². The van der Waals surface area contributed by atoms with Gasteiger partial charge >= 0.3 is 5.65 Å². The number of nitrogens with zero attached hydrogens (tertiary/aromatic N) is 7. The van der Waals surface area contributed by atoms with Crippen molar-refractivity contribution in [2.45, 2.75) is 61.7 Å². The maximum atomic E-state index is 13.3. The molecule has 5 heterocycles. The first-order chi connectivity index (χ1) is 21.7. The Kier molecular flexibility index (Phi) is 8.86. The van der Waals surface area contributed by atoms with Crippen LogP contribution in [0.25, 0.3) is 5.65 Å². The molecule has 3 N–H and O–H groups in total. The first-order valence-corrected chi connectivity index (χ1v) is 16.6. The molecule has 0 aromatic carbocycles. The van der Waals surface area contributed by atoms with E-state index in [1.165, 1.54) is 30.4 Å². The van der Waals surface area contributed by atoms with Gasteiger partial charge in [0.05, 0.1) is 11.7 Å². The number of aromatic nitrogens is 5. The number of hydrogen-bond donors (Lipinski definition) is 2. The molecule has 1 saturated heterocycles. The number of rotatable bonds is 11. The second-order valence-corrected chi connectivity index (χ2v) is 13.3. The van der Waals surface area contributed by atoms with Gasteiger partial charge in [-0.05, 0) is 55.7 Å². The molecule has 2 amide bonds. The number of β-lactam (4-membered cyclic amide) rings is 1. The number of anilines is 1. The monoisotopic (exact) mass is 669 g/mol. The number of nitrogen functional groups attached to an aromatic ring is 1. The van der Waals surface area contributed by atoms with Crippen molar-refractivity contribution in [3.63, 3.8) is 0 Å². The Morgan fingerprint density at radius 3 is 2.82 bits per heavy atom. The minimum Gasteiger partial charge on any atom is -0.543 e. The van der Waals surface area contributed by atoms with Gasteiger partial charge in [0.15, 0.2) is 17.1 Å². The Morgan fingerprint density at radius 1 is 1.31 bits per heavy atom. The van der Waals surface area contributed by atoms with E-state index in [0.29, 0.717) is 10.6 Å². The van der Waals surface area contributed by atoms with Crippen LogP contribution in [0.5, 0.6) is 0 Å². The molecule has 15 nitrogen and oxygen atoms in total. The standard InChI is InChI=1S/C27H27N9O6S3/c1-14(37)12-34-9-10-35-18(34)7-6-17(31-35)43-11-8-15-13-44-25-20(24(39)36(25)21(15)26(40)41)29-23(38)19(22-30-27(28)45-33-22)32-42-16-4-2-3-5-16/h6-11,16,20,25H,2-5,12-13H2,1H3,(H3-,28,29,30,33,38,40,41)/b11-8+,32-19-/t20-,25-/m1/s1. The number of carboxylic acid groups (broad SMARTS) is 1. The lowest BCUT2D eigenvalue weighted by Crippen LogP contribution is -2.71. The van der Waals surface area contributed by atoms with E-state index in [1.54, 1.807) is 39.0 Å². The number of nitrogens with one attached hydrogen (secondary N) is 1. The molecule has 0 unspecified atom stereocenters. The van der Waals surface area contributed by atoms with E-state index in [1.807, 2.05) is 6.07 Å². The van der Waals surface area contributed by atoms with E-state index in [4.69, 9.17) is 10.6 Å². The number of Topliss-reactive ketones (excluding diaryl/α,β-unsaturated/α-hetero) is 1. The third-order valence-electron chi connectivity index (χ3n) is 7.29. The van der Waals surface area contributed by atoms with Crippen LogP contribution in [0.15, 0.2) is 57.5 Å². The van der Waals surface area contributed by atoms with Crippen molar-refractivity contribution >= 4 is 75.1 Å². The molecule has 3 aromatic heterocycles. The number of imidazole rings is 1. The third kappa shape index (κ3) is 6.43. The van der Waals surface area contributed by atoms with Gasteiger partial charge in [-0.15, -0.1) is 16.3 Å². The number of amides is 2. The van der Waals surface area contributed by atoms with Gasteiger partial charge in [0.2, 0.25) is 11.5 Å². The van der Waals surface area contributed by atoms with E-state index in [0.717, 1.165) is 47.8 Å². The number of carboxylic acids is 1. The van der Waals surface area contributed by atoms with Gasteiger partial charge in [-0.1, -0.05) is 22.0 Å². The quantitative estimate of drug-likeness (QED) is 0.0913. The van der Waals surface area contributed by atoms with E-state index in [-0.39, 0.29) is 46.5 Å². The number of allylic oxidation sites excluding steroid dienone is 1. The van der Waals surface area contributed by atoms with E-state index >= 15 is 0 Å². The number of thioether (sulfide) groups is 2. The Balaban J connectivity index is 1.14. The van der Waals surface area contributed by atoms with Gasteiger partial charge in [-0.3, -0.25) is 19.3 Å². The van der Waals surface area contributed by atoms with Crippen molar-refractivity contribution in [2.24, 2.45) is 5.16 Å². The van der Waals surface area contributed by atoms with Crippen molar-refractivity contribution in [3.05, 3.63) is 53.1 Å². The molecule has 1 aliphatic carbocycles. The van der Waals surface area contributed by atoms with Crippen molar-refractivity contribution in [3.8, 4) is 0 Å². The average molecular weight is 670 g/mol. The number of carbonyl (C=O) groups is 4. The minimum atomic E-state index is -1.50. The van der Waals surface area contributed by atoms with Crippen molar-refractivity contribution in [2.75, 3.05) is 11.5 Å². The lowest BCUT2D eigenvalue weighted by Gasteiger charge is -2.50. The molecule has 3 aliphatic rings. The minimum absolute atomic E-state index is 0.0196. The molecule has 0 radical (unpaired) electrons. The Hall–Kier alpha value is -4.29. The fraction of sp³-hybridized carbons (Fsp3) is 0.370. The largest absolute Gasteiger partial charge is 0.543 e. The zero-order valence-corrected chi connectivity index (χ0v) is 26.3. The van der Waals surface area contributed by atoms with Gasteiger partial charge in [0, 0.05) is 23.4 Å². The average Bonchev–Trinajstić information content (AvgIpc) is 3.77. The summed E-state index contributed by atoms with van der Waals surface area (Å²) >= 11 is 3.46. The maximum absolute atomic E-state index is 13.3. The van der Waals surface area contributed by atoms with Crippen LogP contribution in [-0.2, 0) is 30.6 Å². The SMILES string of the molecule is CC(=O)C[n+]1ccn2nc(S/C=C/C3=C(C(=O)[O-])N4C(=O)[C@@H](NC(=O)/C(=N\OC5CCCC5)c5nsc(N)n5)[C@H]4SC3)ccc21. The molecule has 2 aliphatic heterocycles. The smallest absolute Gasteiger partial charge is 0.307 e. The number of carbonyl (C=O) groups excluding carboxylic acids is 4. The van der Waals surface area contributed by atoms with Crippen LogP contribution in [0.2, 0.25) is 0 Å². The van der Waals surface area contributed by atoms with Crippen molar-refractivity contribution in [1.29, 1.82) is 0 Å². The molecule has 2 fully saturated rings. The summed E-state index contributed by atoms with van der Waals surface area (Å²) in [7, 11) is 0. The predicted octanol–water partition coefficient (Wildman–Crippen LogP) is 0.0177. The molecule has 45 heavy (non-hydrogen) atoms. The maximum Gasteiger partial charge on any atom is 0.307 e. The van der Waals surface area contributed by atoms with Crippen LogP contribution < -0.4 is 20.7 Å². The Bertz CT molecular complexity index is 1780. The highest BCUT2D eigenvalue weighted by molar-refractivity contribution is 8.02. The fourth-order valence-corrected chi connectivity index (χ4v) is 7.60. The first-order valence-electron chi connectivity index (χ1n) is 13.9. The number of aliphatic carboxylic acids is 1. The summed E-state index contributed by atoms with van der Waals surface area (Å²) in [5.74, 6) is -2.57. The Labute approximate surface area is 268 Å². The normalized spacial score (nSPS) is 20.5. The lowest BCUT2D eigenvalue weighted by atomic mass is 10.0. The predicted molar refractivity (Wildman–Crippen MR) is 162 cm³/mol. The summed E-state index contributed by atoms with van der Waals surface area (Å²) in [5, 5.41) is 25.2. The van der Waals surface area contributed by atoms with E-state index in [2.05, 4.69) is 24.9 Å². The van der Waals surface area contributed by atoms with Crippen LogP contribution in [-0.4, -0.2) is 76.4 Å². The van der Waals surface area contributed by atoms with Gasteiger partial charge < -0.3 is 25.8 Å². The first kappa shape index (κ1) is 30.7. The fourth-order valence-electron chi connectivity index (χ4n) is 5.20. The van der Waals surface area contributed by atoms with Gasteiger partial charge in [-0.25, -0.2) is 4.57 Å². The van der Waals surface area contributed by atoms with Crippen LogP contribution in [0.1, 0.15) is 38.4 Å². The molecule has 1 saturated carbocycles. The van der Waals surface area contributed by atoms with Gasteiger partial charge in [0.25, 0.3) is 11.8 Å². The molecule has 0 spiro atoms. The summed E-state index contributed by atoms with van der Waals surface area (Å²) in [5.41, 5.74) is 6.38. The second kappa shape index (κ2) is 13.0. The molecule has 0 bridgehead atoms. The number of hydrogen-bond acceptors (Lipinski definition) is 14. The molecular weight excluding hydrogens is 643 g/mol. The number of nitrogens with two attached hydrogens (primary N) is 1. The van der Waals surface area contributed by atoms with Crippen LogP contribution in [0.3, 0.4) is 0 Å². The third-order valence-corrected chi connectivity index (χ3v) is 9.87. The molecule has 6 rings (SSSR count). The highest BCUT2D eigenvalue weighted by Crippen LogP contribution is 2.40. The molecule has 234 valence electrons. The molecule has 2 atom stereocenters. The van der Waals surface area contributed by atoms with Crippen LogP contribution in [0, 0.1) is 0 Å². The number of oxime groups is 1. The summed E-state index contributed by atoms with van der Waals surface area (Å²) in [4.78, 5) is 60.9. The Morgan fingerprint density at radius 2 is 2.11 bits per heavy atom. The number of fused-ring (bicyclic) bond motifs is 2. The highest BCUT2D eigenvalue weighted by atomic mass is 32.2. The molecular formula is C27H27N9O6S3. The second-order valence-electron chi connectivity index (χ2n) is 10.5. The van der Waals surface area contributed by atoms with Crippen molar-refractivity contribution in [1.82, 2.24) is 29.2 Å². The van der Waals surface area contributed by atoms with Crippen LogP contribution in [0.4, 0.5) is 5.13 Å². The van der Waals surface area contributed by atoms with E-state index in [9.17, 15) is 24.3 Å². The molecule has 3 aromatic rings. The zero-order chi connectivity index (χ0) is 31.7. The number of ketones is 1. The van der Waals surface area contributed by atoms with Gasteiger partial charge in [-0.2, -0.15) is 9.36 Å². The zero-order valence-electron chi connectivity index (χ0n) is 23.8. The summed E-state index contributed by atoms with van der Waals surface area (Å²) in [6.45, 7) is 1.76. The molecule has 18 heteroatoms.